The Morgan fingerprint density at radius 1 is 1.31 bits per heavy atom. The molecule has 4 heteroatoms. The molecule has 0 fully saturated rings. The fraction of sp³-hybridized carbons (Fsp3) is 0.889. The maximum Gasteiger partial charge on any atom is 0.505 e. The van der Waals surface area contributed by atoms with E-state index in [1.165, 1.54) is 0 Å². The van der Waals surface area contributed by atoms with Gasteiger partial charge in [-0.15, -0.1) is 0 Å². The Morgan fingerprint density at radius 2 is 1.54 bits per heavy atom. The molecule has 0 saturated heterocycles. The van der Waals surface area contributed by atoms with Crippen molar-refractivity contribution >= 4 is 6.16 Å². The lowest BCUT2D eigenvalue weighted by Gasteiger charge is -2.23. The summed E-state index contributed by atoms with van der Waals surface area (Å²) in [5.41, 5.74) is 6.02. The molecule has 0 spiro atoms. The van der Waals surface area contributed by atoms with Crippen molar-refractivity contribution in [2.24, 2.45) is 5.73 Å². The van der Waals surface area contributed by atoms with Gasteiger partial charge in [-0.1, -0.05) is 20.8 Å². The molecule has 0 aliphatic rings. The second-order valence-electron chi connectivity index (χ2n) is 2.89. The van der Waals surface area contributed by atoms with Crippen LogP contribution in [0.15, 0.2) is 0 Å². The molecule has 0 unspecified atom stereocenters. The Morgan fingerprint density at radius 3 is 1.54 bits per heavy atom. The third-order valence-corrected chi connectivity index (χ3v) is 2.29. The van der Waals surface area contributed by atoms with Crippen LogP contribution in [0.1, 0.15) is 40.0 Å². The van der Waals surface area contributed by atoms with E-state index in [-0.39, 0.29) is 5.54 Å². The van der Waals surface area contributed by atoms with Crippen LogP contribution in [0.4, 0.5) is 4.79 Å². The van der Waals surface area contributed by atoms with Gasteiger partial charge in [0.25, 0.3) is 0 Å². The Labute approximate surface area is 80.1 Å². The van der Waals surface area contributed by atoms with E-state index in [0.29, 0.717) is 0 Å². The lowest BCUT2D eigenvalue weighted by Crippen LogP contribution is -2.37. The summed E-state index contributed by atoms with van der Waals surface area (Å²) in [6, 6.07) is 0. The number of carboxylic acid groups (broad SMARTS) is 1. The number of hydrogen-bond donors (Lipinski definition) is 2. The van der Waals surface area contributed by atoms with Gasteiger partial charge >= 0.3 is 6.16 Å². The summed E-state index contributed by atoms with van der Waals surface area (Å²) in [6.07, 6.45) is 2.05. The van der Waals surface area contributed by atoms with E-state index < -0.39 is 6.16 Å². The van der Waals surface area contributed by atoms with Gasteiger partial charge in [-0.05, 0) is 19.3 Å². The zero-order valence-electron chi connectivity index (χ0n) is 8.96. The van der Waals surface area contributed by atoms with E-state index in [1.54, 1.807) is 0 Å². The Balaban J connectivity index is 0. The Hall–Kier alpha value is -0.770. The van der Waals surface area contributed by atoms with E-state index in [0.717, 1.165) is 26.4 Å². The highest BCUT2D eigenvalue weighted by Gasteiger charge is 2.15. The number of rotatable bonds is 3. The molecule has 0 aliphatic carbocycles. The van der Waals surface area contributed by atoms with Gasteiger partial charge in [0, 0.05) is 5.54 Å². The molecule has 0 bridgehead atoms. The van der Waals surface area contributed by atoms with Crippen LogP contribution in [0.25, 0.3) is 0 Å². The van der Waals surface area contributed by atoms with Crippen molar-refractivity contribution < 1.29 is 14.6 Å². The Bertz CT molecular complexity index is 125. The SMILES string of the molecule is CCC(N)(CC)CC.COC(=O)O. The summed E-state index contributed by atoms with van der Waals surface area (Å²) in [7, 11) is 1.10. The average molecular weight is 191 g/mol. The first kappa shape index (κ1) is 14.7. The van der Waals surface area contributed by atoms with Crippen LogP contribution in [0, 0.1) is 0 Å². The fourth-order valence-corrected chi connectivity index (χ4v) is 0.750. The highest BCUT2D eigenvalue weighted by atomic mass is 16.6. The van der Waals surface area contributed by atoms with E-state index in [1.807, 2.05) is 0 Å². The Kier molecular flexibility index (Phi) is 8.91. The monoisotopic (exact) mass is 191 g/mol. The molecule has 0 heterocycles. The topological polar surface area (TPSA) is 72.5 Å². The van der Waals surface area contributed by atoms with Crippen LogP contribution in [-0.4, -0.2) is 23.9 Å². The van der Waals surface area contributed by atoms with Gasteiger partial charge in [-0.3, -0.25) is 0 Å². The standard InChI is InChI=1S/C7H17N.C2H4O3/c1-4-7(8,5-2)6-3;1-5-2(3)4/h4-6,8H2,1-3H3;1H3,(H,3,4). The van der Waals surface area contributed by atoms with Crippen LogP contribution in [0.2, 0.25) is 0 Å². The molecule has 0 radical (unpaired) electrons. The molecule has 0 aromatic rings. The second kappa shape index (κ2) is 7.86. The quantitative estimate of drug-likeness (QED) is 0.671. The summed E-state index contributed by atoms with van der Waals surface area (Å²) in [5, 5.41) is 7.50. The number of methoxy groups -OCH3 is 1. The molecule has 3 N–H and O–H groups in total. The maximum atomic E-state index is 9.15. The minimum atomic E-state index is -1.25. The smallest absolute Gasteiger partial charge is 0.450 e. The zero-order chi connectivity index (χ0) is 10.9. The first-order valence-electron chi connectivity index (χ1n) is 4.51. The highest BCUT2D eigenvalue weighted by Crippen LogP contribution is 2.14. The number of ether oxygens (including phenoxy) is 1. The van der Waals surface area contributed by atoms with Crippen molar-refractivity contribution in [1.82, 2.24) is 0 Å². The summed E-state index contributed by atoms with van der Waals surface area (Å²) in [6.45, 7) is 6.44. The van der Waals surface area contributed by atoms with Crippen LogP contribution in [0.5, 0.6) is 0 Å². The highest BCUT2D eigenvalue weighted by molar-refractivity contribution is 5.56. The third kappa shape index (κ3) is 9.14. The van der Waals surface area contributed by atoms with Crippen LogP contribution in [0.3, 0.4) is 0 Å². The van der Waals surface area contributed by atoms with Crippen molar-refractivity contribution in [3.8, 4) is 0 Å². The maximum absolute atomic E-state index is 9.15. The van der Waals surface area contributed by atoms with Gasteiger partial charge in [0.05, 0.1) is 7.11 Å². The minimum absolute atomic E-state index is 0.125. The van der Waals surface area contributed by atoms with Crippen molar-refractivity contribution in [2.45, 2.75) is 45.6 Å². The molecule has 0 aromatic carbocycles. The zero-order valence-corrected chi connectivity index (χ0v) is 8.96. The van der Waals surface area contributed by atoms with Gasteiger partial charge in [-0.25, -0.2) is 4.79 Å². The van der Waals surface area contributed by atoms with Crippen LogP contribution >= 0.6 is 0 Å². The van der Waals surface area contributed by atoms with Gasteiger partial charge in [0.15, 0.2) is 0 Å². The summed E-state index contributed by atoms with van der Waals surface area (Å²) < 4.78 is 3.67. The van der Waals surface area contributed by atoms with Crippen molar-refractivity contribution in [1.29, 1.82) is 0 Å². The fourth-order valence-electron chi connectivity index (χ4n) is 0.750. The molecule has 0 aromatic heterocycles. The van der Waals surface area contributed by atoms with Crippen molar-refractivity contribution in [3.05, 3.63) is 0 Å². The molecular weight excluding hydrogens is 170 g/mol. The normalized spacial score (nSPS) is 9.92. The van der Waals surface area contributed by atoms with Crippen LogP contribution in [-0.2, 0) is 4.74 Å². The van der Waals surface area contributed by atoms with E-state index >= 15 is 0 Å². The third-order valence-electron chi connectivity index (χ3n) is 2.29. The predicted molar refractivity (Wildman–Crippen MR) is 52.8 cm³/mol. The first-order valence-corrected chi connectivity index (χ1v) is 4.51. The number of nitrogens with two attached hydrogens (primary N) is 1. The largest absolute Gasteiger partial charge is 0.505 e. The average Bonchev–Trinajstić information content (AvgIpc) is 2.17. The summed E-state index contributed by atoms with van der Waals surface area (Å²) >= 11 is 0. The number of hydrogen-bond acceptors (Lipinski definition) is 3. The van der Waals surface area contributed by atoms with Gasteiger partial charge < -0.3 is 15.6 Å². The second-order valence-corrected chi connectivity index (χ2v) is 2.89. The van der Waals surface area contributed by atoms with Crippen molar-refractivity contribution in [3.63, 3.8) is 0 Å². The summed E-state index contributed by atoms with van der Waals surface area (Å²) in [4.78, 5) is 9.15. The molecule has 4 nitrogen and oxygen atoms in total. The molecule has 0 rings (SSSR count). The summed E-state index contributed by atoms with van der Waals surface area (Å²) in [5.74, 6) is 0. The van der Waals surface area contributed by atoms with E-state index in [2.05, 4.69) is 25.5 Å². The predicted octanol–water partition coefficient (Wildman–Crippen LogP) is 2.22. The molecule has 0 saturated carbocycles. The first-order chi connectivity index (χ1) is 5.95. The van der Waals surface area contributed by atoms with Crippen molar-refractivity contribution in [2.75, 3.05) is 7.11 Å². The lowest BCUT2D eigenvalue weighted by atomic mass is 9.92. The lowest BCUT2D eigenvalue weighted by molar-refractivity contribution is 0.114. The molecule has 0 atom stereocenters. The van der Waals surface area contributed by atoms with Gasteiger partial charge in [0.1, 0.15) is 0 Å². The van der Waals surface area contributed by atoms with E-state index in [4.69, 9.17) is 15.6 Å². The van der Waals surface area contributed by atoms with Crippen LogP contribution < -0.4 is 5.73 Å². The van der Waals surface area contributed by atoms with Gasteiger partial charge in [0.2, 0.25) is 0 Å². The van der Waals surface area contributed by atoms with E-state index in [9.17, 15) is 0 Å². The molecular formula is C9H21NO3. The van der Waals surface area contributed by atoms with Gasteiger partial charge in [-0.2, -0.15) is 0 Å². The molecule has 0 amide bonds. The number of carbonyl (C=O) groups is 1. The molecule has 0 aliphatic heterocycles. The molecule has 13 heavy (non-hydrogen) atoms. The minimum Gasteiger partial charge on any atom is -0.450 e. The molecule has 80 valence electrons.